The molecule has 0 radical (unpaired) electrons. The Morgan fingerprint density at radius 3 is 2.59 bits per heavy atom. The van der Waals surface area contributed by atoms with Crippen LogP contribution in [-0.2, 0) is 11.3 Å². The van der Waals surface area contributed by atoms with Crippen molar-refractivity contribution in [1.82, 2.24) is 19.8 Å². The van der Waals surface area contributed by atoms with E-state index in [0.29, 0.717) is 6.54 Å². The molecular formula is C18H30FN5O3. The molecule has 0 unspecified atom stereocenters. The lowest BCUT2D eigenvalue weighted by Gasteiger charge is -2.32. The lowest BCUT2D eigenvalue weighted by molar-refractivity contribution is 0.0479. The lowest BCUT2D eigenvalue weighted by atomic mass is 10.0. The summed E-state index contributed by atoms with van der Waals surface area (Å²) < 4.78 is 19.9. The molecule has 0 spiro atoms. The monoisotopic (exact) mass is 383 g/mol. The Labute approximate surface area is 158 Å². The van der Waals surface area contributed by atoms with Gasteiger partial charge in [-0.25, -0.2) is 14.0 Å². The highest BCUT2D eigenvalue weighted by molar-refractivity contribution is 5.68. The topological polar surface area (TPSA) is 102 Å². The molecule has 27 heavy (non-hydrogen) atoms. The van der Waals surface area contributed by atoms with Gasteiger partial charge in [0.05, 0.1) is 0 Å². The van der Waals surface area contributed by atoms with Gasteiger partial charge in [-0.2, -0.15) is 4.98 Å². The van der Waals surface area contributed by atoms with Crippen molar-refractivity contribution in [2.24, 2.45) is 0 Å². The Morgan fingerprint density at radius 1 is 1.33 bits per heavy atom. The van der Waals surface area contributed by atoms with Crippen molar-refractivity contribution in [2.75, 3.05) is 25.4 Å². The number of aromatic nitrogens is 2. The number of piperidine rings is 1. The van der Waals surface area contributed by atoms with Gasteiger partial charge in [0.1, 0.15) is 5.60 Å². The van der Waals surface area contributed by atoms with Crippen LogP contribution in [0, 0.1) is 5.82 Å². The number of amides is 1. The third-order valence-corrected chi connectivity index (χ3v) is 4.41. The van der Waals surface area contributed by atoms with Gasteiger partial charge in [0.15, 0.2) is 11.6 Å². The van der Waals surface area contributed by atoms with Crippen LogP contribution in [0.5, 0.6) is 0 Å². The zero-order valence-electron chi connectivity index (χ0n) is 16.3. The Kier molecular flexibility index (Phi) is 7.18. The van der Waals surface area contributed by atoms with E-state index in [9.17, 15) is 14.0 Å². The lowest BCUT2D eigenvalue weighted by Crippen LogP contribution is -2.46. The molecule has 2 rings (SSSR count). The molecule has 1 fully saturated rings. The maximum atomic E-state index is 13.4. The number of aryl methyl sites for hydroxylation is 1. The molecule has 1 saturated heterocycles. The van der Waals surface area contributed by atoms with Gasteiger partial charge >= 0.3 is 11.8 Å². The number of likely N-dealkylation sites (tertiary alicyclic amines) is 1. The number of alkyl carbamates (subject to hydrolysis) is 1. The third-order valence-electron chi connectivity index (χ3n) is 4.41. The molecule has 1 aromatic heterocycles. The first-order valence-corrected chi connectivity index (χ1v) is 9.38. The molecule has 0 bridgehead atoms. The van der Waals surface area contributed by atoms with E-state index in [1.807, 2.05) is 20.8 Å². The summed E-state index contributed by atoms with van der Waals surface area (Å²) in [5, 5.41) is 2.92. The summed E-state index contributed by atoms with van der Waals surface area (Å²) in [6.07, 6.45) is 4.15. The normalized spacial score (nSPS) is 16.3. The van der Waals surface area contributed by atoms with E-state index in [1.165, 1.54) is 4.57 Å². The predicted molar refractivity (Wildman–Crippen MR) is 101 cm³/mol. The summed E-state index contributed by atoms with van der Waals surface area (Å²) >= 11 is 0. The Balaban J connectivity index is 1.65. The van der Waals surface area contributed by atoms with Crippen molar-refractivity contribution in [1.29, 1.82) is 0 Å². The number of anilines is 1. The summed E-state index contributed by atoms with van der Waals surface area (Å²) in [5.41, 5.74) is 4.26. The molecule has 0 atom stereocenters. The molecule has 8 nitrogen and oxygen atoms in total. The molecule has 0 saturated carbocycles. The van der Waals surface area contributed by atoms with Gasteiger partial charge in [-0.3, -0.25) is 4.57 Å². The zero-order chi connectivity index (χ0) is 20.0. The van der Waals surface area contributed by atoms with Crippen molar-refractivity contribution >= 4 is 11.9 Å². The molecule has 0 aromatic carbocycles. The minimum absolute atomic E-state index is 0.138. The van der Waals surface area contributed by atoms with Crippen LogP contribution in [0.4, 0.5) is 15.0 Å². The van der Waals surface area contributed by atoms with E-state index in [4.69, 9.17) is 10.5 Å². The Morgan fingerprint density at radius 2 is 1.96 bits per heavy atom. The number of ether oxygens (including phenoxy) is 1. The average molecular weight is 383 g/mol. The zero-order valence-corrected chi connectivity index (χ0v) is 16.3. The number of rotatable bonds is 6. The van der Waals surface area contributed by atoms with Crippen molar-refractivity contribution in [3.63, 3.8) is 0 Å². The number of nitrogens with zero attached hydrogens (tertiary/aromatic N) is 3. The molecule has 1 aromatic rings. The second-order valence-corrected chi connectivity index (χ2v) is 7.92. The standard InChI is InChI=1S/C18H30FN5O3/c1-18(2,3)27-17(26)21-13-6-10-23(11-7-13)8-4-5-9-24-12-14(19)15(20)22-16(24)25/h12-13H,4-11H2,1-3H3,(H,21,26)(H2,20,22,25). The first-order chi connectivity index (χ1) is 12.6. The molecule has 9 heteroatoms. The minimum atomic E-state index is -0.672. The van der Waals surface area contributed by atoms with Crippen molar-refractivity contribution in [3.05, 3.63) is 22.5 Å². The van der Waals surface area contributed by atoms with Crippen LogP contribution in [0.2, 0.25) is 0 Å². The van der Waals surface area contributed by atoms with Gasteiger partial charge in [0, 0.05) is 31.9 Å². The molecule has 0 aliphatic carbocycles. The smallest absolute Gasteiger partial charge is 0.407 e. The predicted octanol–water partition coefficient (Wildman–Crippen LogP) is 1.73. The Hall–Kier alpha value is -2.16. The highest BCUT2D eigenvalue weighted by Crippen LogP contribution is 2.13. The molecule has 1 amide bonds. The molecule has 2 heterocycles. The minimum Gasteiger partial charge on any atom is -0.444 e. The van der Waals surface area contributed by atoms with Crippen LogP contribution < -0.4 is 16.7 Å². The SMILES string of the molecule is CC(C)(C)OC(=O)NC1CCN(CCCCn2cc(F)c(N)nc2=O)CC1. The number of carbonyl (C=O) groups is 1. The van der Waals surface area contributed by atoms with Gasteiger partial charge in [-0.05, 0) is 53.0 Å². The number of hydrogen-bond acceptors (Lipinski definition) is 6. The van der Waals surface area contributed by atoms with E-state index < -0.39 is 17.1 Å². The van der Waals surface area contributed by atoms with Crippen molar-refractivity contribution < 1.29 is 13.9 Å². The summed E-state index contributed by atoms with van der Waals surface area (Å²) in [5.74, 6) is -1.03. The highest BCUT2D eigenvalue weighted by Gasteiger charge is 2.23. The maximum Gasteiger partial charge on any atom is 0.407 e. The van der Waals surface area contributed by atoms with Gasteiger partial charge < -0.3 is 20.7 Å². The molecule has 1 aliphatic rings. The summed E-state index contributed by atoms with van der Waals surface area (Å²) in [6, 6.07) is 0.138. The molecule has 3 N–H and O–H groups in total. The van der Waals surface area contributed by atoms with Crippen LogP contribution in [-0.4, -0.2) is 51.8 Å². The fraction of sp³-hybridized carbons (Fsp3) is 0.722. The number of hydrogen-bond donors (Lipinski definition) is 2. The number of nitrogen functional groups attached to an aromatic ring is 1. The second-order valence-electron chi connectivity index (χ2n) is 7.92. The van der Waals surface area contributed by atoms with Gasteiger partial charge in [0.25, 0.3) is 0 Å². The maximum absolute atomic E-state index is 13.4. The number of unbranched alkanes of at least 4 members (excludes halogenated alkanes) is 1. The van der Waals surface area contributed by atoms with Crippen LogP contribution in [0.15, 0.2) is 11.0 Å². The van der Waals surface area contributed by atoms with Gasteiger partial charge in [0.2, 0.25) is 0 Å². The number of nitrogens with one attached hydrogen (secondary N) is 1. The fourth-order valence-corrected chi connectivity index (χ4v) is 3.03. The van der Waals surface area contributed by atoms with Crippen molar-refractivity contribution in [2.45, 2.75) is 64.6 Å². The van der Waals surface area contributed by atoms with Crippen LogP contribution in [0.1, 0.15) is 46.5 Å². The van der Waals surface area contributed by atoms with Crippen LogP contribution >= 0.6 is 0 Å². The third kappa shape index (κ3) is 7.16. The summed E-state index contributed by atoms with van der Waals surface area (Å²) in [4.78, 5) is 29.2. The largest absolute Gasteiger partial charge is 0.444 e. The van der Waals surface area contributed by atoms with E-state index in [0.717, 1.165) is 51.5 Å². The van der Waals surface area contributed by atoms with Crippen molar-refractivity contribution in [3.8, 4) is 0 Å². The first-order valence-electron chi connectivity index (χ1n) is 9.38. The Bertz CT molecular complexity index is 693. The first kappa shape index (κ1) is 21.1. The van der Waals surface area contributed by atoms with E-state index >= 15 is 0 Å². The fourth-order valence-electron chi connectivity index (χ4n) is 3.03. The molecule has 1 aliphatic heterocycles. The van der Waals surface area contributed by atoms with E-state index in [1.54, 1.807) is 0 Å². The van der Waals surface area contributed by atoms with E-state index in [-0.39, 0.29) is 18.0 Å². The second kappa shape index (κ2) is 9.16. The quantitative estimate of drug-likeness (QED) is 0.726. The number of carbonyl (C=O) groups excluding carboxylic acids is 1. The molecular weight excluding hydrogens is 353 g/mol. The highest BCUT2D eigenvalue weighted by atomic mass is 19.1. The van der Waals surface area contributed by atoms with Gasteiger partial charge in [-0.15, -0.1) is 0 Å². The van der Waals surface area contributed by atoms with E-state index in [2.05, 4.69) is 15.2 Å². The molecule has 152 valence electrons. The average Bonchev–Trinajstić information content (AvgIpc) is 2.55. The summed E-state index contributed by atoms with van der Waals surface area (Å²) in [7, 11) is 0. The van der Waals surface area contributed by atoms with Gasteiger partial charge in [-0.1, -0.05) is 0 Å². The summed E-state index contributed by atoms with van der Waals surface area (Å²) in [6.45, 7) is 8.66. The van der Waals surface area contributed by atoms with Crippen LogP contribution in [0.3, 0.4) is 0 Å². The van der Waals surface area contributed by atoms with Crippen LogP contribution in [0.25, 0.3) is 0 Å². The number of halogens is 1. The number of nitrogens with two attached hydrogens (primary N) is 1.